The van der Waals surface area contributed by atoms with E-state index in [4.69, 9.17) is 14.1 Å². The summed E-state index contributed by atoms with van der Waals surface area (Å²) < 4.78 is 12.0. The Hall–Kier alpha value is -2.57. The third-order valence-corrected chi connectivity index (χ3v) is 6.94. The number of fused-ring (bicyclic) bond motifs is 1. The van der Waals surface area contributed by atoms with Crippen LogP contribution in [0.3, 0.4) is 0 Å². The Balaban J connectivity index is 1.36. The van der Waals surface area contributed by atoms with E-state index < -0.39 is 0 Å². The number of likely N-dealkylation sites (tertiary alicyclic amines) is 2. The zero-order chi connectivity index (χ0) is 22.6. The molecule has 33 heavy (non-hydrogen) atoms. The number of benzene rings is 1. The Morgan fingerprint density at radius 1 is 1.06 bits per heavy atom. The molecule has 3 aromatic rings. The van der Waals surface area contributed by atoms with Gasteiger partial charge in [-0.2, -0.15) is 0 Å². The van der Waals surface area contributed by atoms with Gasteiger partial charge < -0.3 is 24.3 Å². The number of aryl methyl sites for hydroxylation is 1. The van der Waals surface area contributed by atoms with E-state index in [-0.39, 0.29) is 0 Å². The summed E-state index contributed by atoms with van der Waals surface area (Å²) in [7, 11) is 2.20. The van der Waals surface area contributed by atoms with Crippen LogP contribution in [0.5, 0.6) is 5.75 Å². The molecule has 0 unspecified atom stereocenters. The predicted octanol–water partition coefficient (Wildman–Crippen LogP) is 5.17. The lowest BCUT2D eigenvalue weighted by Gasteiger charge is -2.30. The van der Waals surface area contributed by atoms with Gasteiger partial charge >= 0.3 is 0 Å². The van der Waals surface area contributed by atoms with Crippen LogP contribution in [0.2, 0.25) is 0 Å². The molecule has 0 bridgehead atoms. The largest absolute Gasteiger partial charge is 0.493 e. The van der Waals surface area contributed by atoms with Gasteiger partial charge in [-0.3, -0.25) is 0 Å². The maximum Gasteiger partial charge on any atom is 0.152 e. The van der Waals surface area contributed by atoms with Crippen LogP contribution in [0.4, 0.5) is 5.69 Å². The molecule has 0 radical (unpaired) electrons. The SMILES string of the molecule is Cc1ccc(-c2cc(NC3CCN(C)CC3)c3ccc(OCCCN4CCCC4)cc3n2)o1. The minimum absolute atomic E-state index is 0.472. The van der Waals surface area contributed by atoms with E-state index in [1.165, 1.54) is 25.9 Å². The zero-order valence-electron chi connectivity index (χ0n) is 20.0. The van der Waals surface area contributed by atoms with Crippen LogP contribution in [0.1, 0.15) is 37.9 Å². The number of furan rings is 1. The summed E-state index contributed by atoms with van der Waals surface area (Å²) in [5.74, 6) is 2.58. The van der Waals surface area contributed by atoms with Crippen molar-refractivity contribution >= 4 is 16.6 Å². The molecule has 0 atom stereocenters. The molecule has 2 aliphatic rings. The van der Waals surface area contributed by atoms with E-state index >= 15 is 0 Å². The molecule has 2 saturated heterocycles. The van der Waals surface area contributed by atoms with Crippen LogP contribution in [-0.4, -0.2) is 67.2 Å². The van der Waals surface area contributed by atoms with Crippen molar-refractivity contribution in [2.75, 3.05) is 51.7 Å². The first-order valence-corrected chi connectivity index (χ1v) is 12.5. The van der Waals surface area contributed by atoms with E-state index in [1.54, 1.807) is 0 Å². The average molecular weight is 449 g/mol. The fourth-order valence-corrected chi connectivity index (χ4v) is 4.97. The number of hydrogen-bond donors (Lipinski definition) is 1. The highest BCUT2D eigenvalue weighted by Crippen LogP contribution is 2.32. The topological polar surface area (TPSA) is 53.8 Å². The first-order chi connectivity index (χ1) is 16.1. The van der Waals surface area contributed by atoms with E-state index in [1.807, 2.05) is 19.1 Å². The van der Waals surface area contributed by atoms with Gasteiger partial charge in [-0.15, -0.1) is 0 Å². The number of piperidine rings is 1. The first-order valence-electron chi connectivity index (χ1n) is 12.5. The van der Waals surface area contributed by atoms with Crippen molar-refractivity contribution in [1.82, 2.24) is 14.8 Å². The lowest BCUT2D eigenvalue weighted by molar-refractivity contribution is 0.263. The first kappa shape index (κ1) is 22.2. The maximum atomic E-state index is 6.11. The smallest absolute Gasteiger partial charge is 0.152 e. The van der Waals surface area contributed by atoms with Crippen molar-refractivity contribution in [3.8, 4) is 17.2 Å². The van der Waals surface area contributed by atoms with Crippen LogP contribution < -0.4 is 10.1 Å². The summed E-state index contributed by atoms with van der Waals surface area (Å²) in [5, 5.41) is 4.94. The summed E-state index contributed by atoms with van der Waals surface area (Å²) in [4.78, 5) is 9.87. The Morgan fingerprint density at radius 2 is 1.88 bits per heavy atom. The molecule has 6 nitrogen and oxygen atoms in total. The molecule has 2 fully saturated rings. The number of ether oxygens (including phenoxy) is 1. The second kappa shape index (κ2) is 10.1. The minimum atomic E-state index is 0.472. The van der Waals surface area contributed by atoms with Crippen molar-refractivity contribution in [2.24, 2.45) is 0 Å². The third-order valence-electron chi connectivity index (χ3n) is 6.94. The molecule has 176 valence electrons. The van der Waals surface area contributed by atoms with E-state index in [2.05, 4.69) is 46.4 Å². The molecule has 6 heteroatoms. The van der Waals surface area contributed by atoms with Gasteiger partial charge in [0, 0.05) is 29.7 Å². The van der Waals surface area contributed by atoms with Gasteiger partial charge in [-0.25, -0.2) is 4.98 Å². The lowest BCUT2D eigenvalue weighted by Crippen LogP contribution is -2.36. The zero-order valence-corrected chi connectivity index (χ0v) is 20.0. The second-order valence-corrected chi connectivity index (χ2v) is 9.62. The molecule has 4 heterocycles. The van der Waals surface area contributed by atoms with Crippen molar-refractivity contribution in [1.29, 1.82) is 0 Å². The monoisotopic (exact) mass is 448 g/mol. The molecule has 2 aromatic heterocycles. The van der Waals surface area contributed by atoms with Crippen molar-refractivity contribution in [3.05, 3.63) is 42.2 Å². The Kier molecular flexibility index (Phi) is 6.83. The number of rotatable bonds is 8. The van der Waals surface area contributed by atoms with Gasteiger partial charge in [0.15, 0.2) is 5.76 Å². The average Bonchev–Trinajstić information content (AvgIpc) is 3.50. The van der Waals surface area contributed by atoms with Gasteiger partial charge in [-0.1, -0.05) is 0 Å². The summed E-state index contributed by atoms with van der Waals surface area (Å²) in [5.41, 5.74) is 2.92. The highest BCUT2D eigenvalue weighted by molar-refractivity contribution is 5.94. The van der Waals surface area contributed by atoms with Crippen LogP contribution in [-0.2, 0) is 0 Å². The summed E-state index contributed by atoms with van der Waals surface area (Å²) in [6.07, 6.45) is 6.02. The molecule has 2 aliphatic heterocycles. The summed E-state index contributed by atoms with van der Waals surface area (Å²) in [6, 6.07) is 12.9. The predicted molar refractivity (Wildman–Crippen MR) is 134 cm³/mol. The fraction of sp³-hybridized carbons (Fsp3) is 0.519. The fourth-order valence-electron chi connectivity index (χ4n) is 4.97. The van der Waals surface area contributed by atoms with Crippen LogP contribution in [0, 0.1) is 6.92 Å². The molecule has 1 aromatic carbocycles. The van der Waals surface area contributed by atoms with Crippen molar-refractivity contribution in [2.45, 2.75) is 45.1 Å². The molecular formula is C27H36N4O2. The number of pyridine rings is 1. The number of nitrogens with zero attached hydrogens (tertiary/aromatic N) is 3. The minimum Gasteiger partial charge on any atom is -0.493 e. The van der Waals surface area contributed by atoms with Crippen molar-refractivity contribution < 1.29 is 9.15 Å². The molecule has 1 N–H and O–H groups in total. The third kappa shape index (κ3) is 5.50. The molecule has 0 amide bonds. The Morgan fingerprint density at radius 3 is 2.64 bits per heavy atom. The molecule has 0 saturated carbocycles. The van der Waals surface area contributed by atoms with Gasteiger partial charge in [-0.05, 0) is 103 Å². The van der Waals surface area contributed by atoms with E-state index in [9.17, 15) is 0 Å². The standard InChI is InChI=1S/C27H36N4O2/c1-20-6-9-27(33-20)26-19-25(28-21-10-15-30(2)16-11-21)23-8-7-22(18-24(23)29-26)32-17-5-14-31-12-3-4-13-31/h6-9,18-19,21H,3-5,10-17H2,1-2H3,(H,28,29). The number of anilines is 1. The van der Waals surface area contributed by atoms with Crippen LogP contribution >= 0.6 is 0 Å². The van der Waals surface area contributed by atoms with E-state index in [0.717, 1.165) is 85.1 Å². The van der Waals surface area contributed by atoms with Gasteiger partial charge in [0.25, 0.3) is 0 Å². The molecular weight excluding hydrogens is 412 g/mol. The van der Waals surface area contributed by atoms with Gasteiger partial charge in [0.2, 0.25) is 0 Å². The van der Waals surface area contributed by atoms with Crippen LogP contribution in [0.25, 0.3) is 22.4 Å². The normalized spacial score (nSPS) is 18.2. The quantitative estimate of drug-likeness (QED) is 0.480. The molecule has 0 spiro atoms. The highest BCUT2D eigenvalue weighted by Gasteiger charge is 2.19. The number of aromatic nitrogens is 1. The molecule has 0 aliphatic carbocycles. The Labute approximate surface area is 196 Å². The van der Waals surface area contributed by atoms with Crippen molar-refractivity contribution in [3.63, 3.8) is 0 Å². The number of hydrogen-bond acceptors (Lipinski definition) is 6. The van der Waals surface area contributed by atoms with E-state index in [0.29, 0.717) is 6.04 Å². The molecule has 5 rings (SSSR count). The lowest BCUT2D eigenvalue weighted by atomic mass is 10.0. The number of nitrogens with one attached hydrogen (secondary N) is 1. The van der Waals surface area contributed by atoms with Gasteiger partial charge in [0.1, 0.15) is 17.2 Å². The van der Waals surface area contributed by atoms with Gasteiger partial charge in [0.05, 0.1) is 12.1 Å². The van der Waals surface area contributed by atoms with Crippen LogP contribution in [0.15, 0.2) is 40.8 Å². The second-order valence-electron chi connectivity index (χ2n) is 9.62. The highest BCUT2D eigenvalue weighted by atomic mass is 16.5. The maximum absolute atomic E-state index is 6.11. The summed E-state index contributed by atoms with van der Waals surface area (Å²) >= 11 is 0. The Bertz CT molecular complexity index is 1070. The summed E-state index contributed by atoms with van der Waals surface area (Å²) in [6.45, 7) is 8.55.